The van der Waals surface area contributed by atoms with Crippen LogP contribution in [-0.2, 0) is 4.74 Å². The van der Waals surface area contributed by atoms with E-state index in [0.717, 1.165) is 29.6 Å². The molecule has 0 spiro atoms. The molecule has 0 amide bonds. The number of nitrogens with zero attached hydrogens (tertiary/aromatic N) is 1. The highest BCUT2D eigenvalue weighted by Crippen LogP contribution is 2.66. The van der Waals surface area contributed by atoms with Gasteiger partial charge in [0.2, 0.25) is 5.96 Å². The van der Waals surface area contributed by atoms with Crippen LogP contribution in [-0.4, -0.2) is 31.8 Å². The van der Waals surface area contributed by atoms with Gasteiger partial charge in [0.05, 0.1) is 12.6 Å². The molecule has 5 atom stereocenters. The summed E-state index contributed by atoms with van der Waals surface area (Å²) in [7, 11) is 1.70. The van der Waals surface area contributed by atoms with Crippen molar-refractivity contribution in [3.8, 4) is 0 Å². The number of methoxy groups -OCH3 is 1. The van der Waals surface area contributed by atoms with E-state index in [1.807, 2.05) is 0 Å². The highest BCUT2D eigenvalue weighted by Gasteiger charge is 2.65. The monoisotopic (exact) mass is 252 g/mol. The van der Waals surface area contributed by atoms with Crippen molar-refractivity contribution in [1.29, 1.82) is 0 Å². The lowest BCUT2D eigenvalue weighted by atomic mass is 10.0. The standard InChI is InChI=1S/C13H24N4O/c1-7(6-18-2)15-13(17-14)16-12-10-8-3-4-9(5-8)11(10)12/h7-12H,3-6,14H2,1-2H3,(H2,15,16,17). The van der Waals surface area contributed by atoms with Gasteiger partial charge in [-0.25, -0.2) is 10.8 Å². The molecule has 5 unspecified atom stereocenters. The molecular weight excluding hydrogens is 228 g/mol. The molecule has 0 aliphatic heterocycles. The SMILES string of the molecule is COCC(C)NC(=NC1C2C3CCC(C3)C12)NN. The second kappa shape index (κ2) is 4.70. The topological polar surface area (TPSA) is 71.7 Å². The van der Waals surface area contributed by atoms with E-state index in [-0.39, 0.29) is 6.04 Å². The molecule has 18 heavy (non-hydrogen) atoms. The quantitative estimate of drug-likeness (QED) is 0.294. The summed E-state index contributed by atoms with van der Waals surface area (Å²) >= 11 is 0. The Morgan fingerprint density at radius 3 is 2.61 bits per heavy atom. The van der Waals surface area contributed by atoms with Crippen LogP contribution in [0.5, 0.6) is 0 Å². The summed E-state index contributed by atoms with van der Waals surface area (Å²) in [6.07, 6.45) is 4.31. The first-order chi connectivity index (χ1) is 8.74. The first-order valence-corrected chi connectivity index (χ1v) is 7.04. The average Bonchev–Trinajstić information content (AvgIpc) is 2.74. The normalized spacial score (nSPS) is 42.6. The highest BCUT2D eigenvalue weighted by molar-refractivity contribution is 5.80. The summed E-state index contributed by atoms with van der Waals surface area (Å²) < 4.78 is 5.10. The van der Waals surface area contributed by atoms with Crippen molar-refractivity contribution in [1.82, 2.24) is 10.7 Å². The maximum atomic E-state index is 5.54. The molecule has 3 fully saturated rings. The van der Waals surface area contributed by atoms with E-state index in [1.54, 1.807) is 7.11 Å². The molecule has 0 aromatic carbocycles. The zero-order valence-corrected chi connectivity index (χ0v) is 11.2. The number of nitrogens with two attached hydrogens (primary N) is 1. The van der Waals surface area contributed by atoms with Crippen LogP contribution in [0, 0.1) is 23.7 Å². The largest absolute Gasteiger partial charge is 0.383 e. The summed E-state index contributed by atoms with van der Waals surface area (Å²) in [5, 5.41) is 3.27. The van der Waals surface area contributed by atoms with Crippen molar-refractivity contribution in [3.05, 3.63) is 0 Å². The Bertz CT molecular complexity index is 330. The molecule has 4 N–H and O–H groups in total. The van der Waals surface area contributed by atoms with Crippen molar-refractivity contribution >= 4 is 5.96 Å². The Hall–Kier alpha value is -0.810. The zero-order chi connectivity index (χ0) is 12.7. The van der Waals surface area contributed by atoms with E-state index in [9.17, 15) is 0 Å². The Morgan fingerprint density at radius 2 is 2.06 bits per heavy atom. The number of rotatable bonds is 4. The Balaban J connectivity index is 1.58. The van der Waals surface area contributed by atoms with E-state index in [2.05, 4.69) is 17.7 Å². The Labute approximate surface area is 109 Å². The highest BCUT2D eigenvalue weighted by atomic mass is 16.5. The molecule has 0 aromatic heterocycles. The lowest BCUT2D eigenvalue weighted by Gasteiger charge is -2.16. The smallest absolute Gasteiger partial charge is 0.206 e. The number of hydrazine groups is 1. The van der Waals surface area contributed by atoms with Gasteiger partial charge in [-0.05, 0) is 49.9 Å². The van der Waals surface area contributed by atoms with Gasteiger partial charge in [0.25, 0.3) is 0 Å². The molecule has 3 saturated carbocycles. The second-order valence-electron chi connectivity index (χ2n) is 6.10. The molecule has 3 aliphatic carbocycles. The molecule has 5 nitrogen and oxygen atoms in total. The summed E-state index contributed by atoms with van der Waals surface area (Å²) in [5.41, 5.74) is 2.69. The van der Waals surface area contributed by atoms with Gasteiger partial charge in [0.15, 0.2) is 0 Å². The van der Waals surface area contributed by atoms with Gasteiger partial charge in [-0.1, -0.05) is 0 Å². The van der Waals surface area contributed by atoms with E-state index < -0.39 is 0 Å². The fourth-order valence-electron chi connectivity index (χ4n) is 4.24. The van der Waals surface area contributed by atoms with Crippen molar-refractivity contribution in [3.63, 3.8) is 0 Å². The van der Waals surface area contributed by atoms with Gasteiger partial charge in [0, 0.05) is 13.2 Å². The van der Waals surface area contributed by atoms with E-state index >= 15 is 0 Å². The molecule has 3 aliphatic rings. The van der Waals surface area contributed by atoms with E-state index in [4.69, 9.17) is 15.6 Å². The second-order valence-corrected chi connectivity index (χ2v) is 6.10. The van der Waals surface area contributed by atoms with Crippen LogP contribution in [0.25, 0.3) is 0 Å². The van der Waals surface area contributed by atoms with Gasteiger partial charge in [-0.3, -0.25) is 5.43 Å². The maximum Gasteiger partial charge on any atom is 0.206 e. The summed E-state index contributed by atoms with van der Waals surface area (Å²) in [6.45, 7) is 2.72. The number of hydrogen-bond acceptors (Lipinski definition) is 3. The number of ether oxygens (including phenoxy) is 1. The lowest BCUT2D eigenvalue weighted by Crippen LogP contribution is -2.47. The van der Waals surface area contributed by atoms with Crippen LogP contribution in [0.4, 0.5) is 0 Å². The van der Waals surface area contributed by atoms with E-state index in [0.29, 0.717) is 12.6 Å². The third-order valence-electron chi connectivity index (χ3n) is 4.91. The third kappa shape index (κ3) is 1.99. The summed E-state index contributed by atoms with van der Waals surface area (Å²) in [5.74, 6) is 9.87. The predicted molar refractivity (Wildman–Crippen MR) is 70.8 cm³/mol. The minimum absolute atomic E-state index is 0.222. The fourth-order valence-corrected chi connectivity index (χ4v) is 4.24. The molecule has 0 radical (unpaired) electrons. The molecule has 0 heterocycles. The number of nitrogens with one attached hydrogen (secondary N) is 2. The lowest BCUT2D eigenvalue weighted by molar-refractivity contribution is 0.179. The van der Waals surface area contributed by atoms with E-state index in [1.165, 1.54) is 19.3 Å². The van der Waals surface area contributed by atoms with Crippen LogP contribution in [0.2, 0.25) is 0 Å². The Kier molecular flexibility index (Phi) is 3.20. The van der Waals surface area contributed by atoms with Crippen LogP contribution < -0.4 is 16.6 Å². The van der Waals surface area contributed by atoms with Crippen LogP contribution in [0.3, 0.4) is 0 Å². The number of guanidine groups is 1. The van der Waals surface area contributed by atoms with Crippen molar-refractivity contribution in [2.45, 2.75) is 38.3 Å². The molecular formula is C13H24N4O. The maximum absolute atomic E-state index is 5.54. The van der Waals surface area contributed by atoms with Crippen molar-refractivity contribution < 1.29 is 4.74 Å². The minimum Gasteiger partial charge on any atom is -0.383 e. The Morgan fingerprint density at radius 1 is 1.39 bits per heavy atom. The molecule has 3 rings (SSSR count). The number of aliphatic imine (C=N–C) groups is 1. The van der Waals surface area contributed by atoms with Gasteiger partial charge < -0.3 is 10.1 Å². The number of hydrogen-bond donors (Lipinski definition) is 3. The van der Waals surface area contributed by atoms with Gasteiger partial charge in [-0.15, -0.1) is 0 Å². The summed E-state index contributed by atoms with van der Waals surface area (Å²) in [4.78, 5) is 4.77. The summed E-state index contributed by atoms with van der Waals surface area (Å²) in [6, 6.07) is 0.740. The molecule has 2 bridgehead atoms. The average molecular weight is 252 g/mol. The van der Waals surface area contributed by atoms with Gasteiger partial charge >= 0.3 is 0 Å². The van der Waals surface area contributed by atoms with Crippen LogP contribution >= 0.6 is 0 Å². The first kappa shape index (κ1) is 12.2. The fraction of sp³-hybridized carbons (Fsp3) is 0.923. The third-order valence-corrected chi connectivity index (χ3v) is 4.91. The van der Waals surface area contributed by atoms with Crippen LogP contribution in [0.15, 0.2) is 4.99 Å². The van der Waals surface area contributed by atoms with Crippen molar-refractivity contribution in [2.24, 2.45) is 34.5 Å². The molecule has 0 aromatic rings. The van der Waals surface area contributed by atoms with Crippen molar-refractivity contribution in [2.75, 3.05) is 13.7 Å². The molecule has 5 heteroatoms. The molecule has 0 saturated heterocycles. The number of fused-ring (bicyclic) bond motifs is 5. The van der Waals surface area contributed by atoms with Gasteiger partial charge in [0.1, 0.15) is 0 Å². The predicted octanol–water partition coefficient (Wildman–Crippen LogP) is 0.475. The first-order valence-electron chi connectivity index (χ1n) is 7.04. The van der Waals surface area contributed by atoms with Gasteiger partial charge in [-0.2, -0.15) is 0 Å². The van der Waals surface area contributed by atoms with Crippen LogP contribution in [0.1, 0.15) is 26.2 Å². The zero-order valence-electron chi connectivity index (χ0n) is 11.2. The minimum atomic E-state index is 0.222. The molecule has 102 valence electrons.